The summed E-state index contributed by atoms with van der Waals surface area (Å²) >= 11 is 0. The van der Waals surface area contributed by atoms with Gasteiger partial charge in [-0.25, -0.2) is 0 Å². The lowest BCUT2D eigenvalue weighted by molar-refractivity contribution is -0.120. The van der Waals surface area contributed by atoms with Crippen LogP contribution in [0.4, 0.5) is 0 Å². The Morgan fingerprint density at radius 1 is 1.04 bits per heavy atom. The Kier molecular flexibility index (Phi) is 4.21. The predicted molar refractivity (Wildman–Crippen MR) is 95.4 cm³/mol. The van der Waals surface area contributed by atoms with Crippen LogP contribution in [-0.4, -0.2) is 36.9 Å². The summed E-state index contributed by atoms with van der Waals surface area (Å²) in [7, 11) is 1.67. The number of hydrogen-bond acceptors (Lipinski definition) is 4. The summed E-state index contributed by atoms with van der Waals surface area (Å²) in [4.78, 5) is 22.4. The van der Waals surface area contributed by atoms with Crippen molar-refractivity contribution in [2.45, 2.75) is 56.5 Å². The lowest BCUT2D eigenvalue weighted by atomic mass is 9.76. The van der Waals surface area contributed by atoms with E-state index in [2.05, 4.69) is 12.1 Å². The van der Waals surface area contributed by atoms with Crippen LogP contribution in [0.1, 0.15) is 50.0 Å². The average molecular weight is 324 g/mol. The molecule has 2 aliphatic carbocycles. The van der Waals surface area contributed by atoms with Crippen molar-refractivity contribution in [3.05, 3.63) is 29.8 Å². The molecule has 1 aliphatic heterocycles. The predicted octanol–water partition coefficient (Wildman–Crippen LogP) is 3.59. The molecular formula is C20H24N2O2. The highest BCUT2D eigenvalue weighted by molar-refractivity contribution is 6.18. The number of benzene rings is 1. The third-order valence-electron chi connectivity index (χ3n) is 5.65. The first-order valence-corrected chi connectivity index (χ1v) is 9.01. The Hall–Kier alpha value is -1.97. The van der Waals surface area contributed by atoms with Crippen molar-refractivity contribution < 1.29 is 9.53 Å². The molecule has 3 aliphatic rings. The van der Waals surface area contributed by atoms with Crippen molar-refractivity contribution in [2.75, 3.05) is 7.11 Å². The number of carbonyl (C=O) groups is 1. The zero-order valence-electron chi connectivity index (χ0n) is 14.1. The van der Waals surface area contributed by atoms with E-state index in [9.17, 15) is 4.79 Å². The fourth-order valence-electron chi connectivity index (χ4n) is 4.25. The molecule has 4 rings (SSSR count). The Labute approximate surface area is 143 Å². The number of methoxy groups -OCH3 is 1. The molecule has 1 heterocycles. The third kappa shape index (κ3) is 2.90. The van der Waals surface area contributed by atoms with Gasteiger partial charge in [-0.3, -0.25) is 14.8 Å². The summed E-state index contributed by atoms with van der Waals surface area (Å²) < 4.78 is 5.23. The van der Waals surface area contributed by atoms with E-state index in [1.165, 1.54) is 18.4 Å². The van der Waals surface area contributed by atoms with Gasteiger partial charge < -0.3 is 4.74 Å². The summed E-state index contributed by atoms with van der Waals surface area (Å²) in [6, 6.07) is 8.68. The monoisotopic (exact) mass is 324 g/mol. The molecule has 2 saturated carbocycles. The van der Waals surface area contributed by atoms with Crippen LogP contribution in [0.3, 0.4) is 0 Å². The summed E-state index contributed by atoms with van der Waals surface area (Å²) in [5.41, 5.74) is 2.26. The molecule has 0 aromatic heterocycles. The summed E-state index contributed by atoms with van der Waals surface area (Å²) in [6.07, 6.45) is 8.04. The molecule has 0 saturated heterocycles. The number of hydrogen-bond donors (Lipinski definition) is 0. The highest BCUT2D eigenvalue weighted by Gasteiger charge is 2.37. The summed E-state index contributed by atoms with van der Waals surface area (Å²) in [6.45, 7) is 0. The van der Waals surface area contributed by atoms with Crippen LogP contribution < -0.4 is 4.74 Å². The van der Waals surface area contributed by atoms with Gasteiger partial charge in [-0.2, -0.15) is 0 Å². The first-order valence-electron chi connectivity index (χ1n) is 9.01. The van der Waals surface area contributed by atoms with Gasteiger partial charge >= 0.3 is 0 Å². The third-order valence-corrected chi connectivity index (χ3v) is 5.65. The number of aliphatic imine (C=N–C) groups is 2. The van der Waals surface area contributed by atoms with Crippen molar-refractivity contribution in [2.24, 2.45) is 15.9 Å². The van der Waals surface area contributed by atoms with Crippen LogP contribution in [0.15, 0.2) is 34.3 Å². The Morgan fingerprint density at radius 3 is 2.54 bits per heavy atom. The molecule has 1 aromatic carbocycles. The Balaban J connectivity index is 1.60. The van der Waals surface area contributed by atoms with Gasteiger partial charge in [-0.15, -0.1) is 0 Å². The molecule has 4 heteroatoms. The summed E-state index contributed by atoms with van der Waals surface area (Å²) in [5, 5.41) is 0. The molecule has 1 unspecified atom stereocenters. The molecule has 4 nitrogen and oxygen atoms in total. The van der Waals surface area contributed by atoms with Gasteiger partial charge in [-0.05, 0) is 42.9 Å². The standard InChI is InChI=1S/C20H24N2O2/c1-24-15-8-6-13(7-9-15)14-10-19-16(20(23)11-14)12-21-17-4-2-3-5-18(17)22-19/h6-9,12,14,16-18H,2-5,10-11H2,1H3/t14-,16?,17-,18+/m0/s1. The van der Waals surface area contributed by atoms with Gasteiger partial charge in [0.15, 0.2) is 0 Å². The van der Waals surface area contributed by atoms with Gasteiger partial charge in [0.1, 0.15) is 11.5 Å². The maximum atomic E-state index is 12.7. The van der Waals surface area contributed by atoms with E-state index in [1.54, 1.807) is 7.11 Å². The normalized spacial score (nSPS) is 32.4. The molecule has 2 fully saturated rings. The molecule has 24 heavy (non-hydrogen) atoms. The molecule has 4 atom stereocenters. The first kappa shape index (κ1) is 15.6. The van der Waals surface area contributed by atoms with E-state index in [-0.39, 0.29) is 23.7 Å². The maximum Gasteiger partial charge on any atom is 0.147 e. The highest BCUT2D eigenvalue weighted by Crippen LogP contribution is 2.35. The minimum atomic E-state index is -0.176. The van der Waals surface area contributed by atoms with Gasteiger partial charge in [0.05, 0.1) is 25.1 Å². The lowest BCUT2D eigenvalue weighted by Gasteiger charge is -2.28. The van der Waals surface area contributed by atoms with Crippen LogP contribution in [0.25, 0.3) is 0 Å². The van der Waals surface area contributed by atoms with Crippen LogP contribution in [0.5, 0.6) is 5.75 Å². The number of rotatable bonds is 2. The molecule has 0 N–H and O–H groups in total. The van der Waals surface area contributed by atoms with Crippen molar-refractivity contribution >= 4 is 17.7 Å². The van der Waals surface area contributed by atoms with Crippen molar-refractivity contribution in [1.82, 2.24) is 0 Å². The first-order chi connectivity index (χ1) is 11.7. The molecule has 0 amide bonds. The van der Waals surface area contributed by atoms with E-state index in [4.69, 9.17) is 14.7 Å². The van der Waals surface area contributed by atoms with Gasteiger partial charge in [0.25, 0.3) is 0 Å². The molecule has 0 bridgehead atoms. The van der Waals surface area contributed by atoms with Gasteiger partial charge in [0, 0.05) is 18.3 Å². The zero-order valence-corrected chi connectivity index (χ0v) is 14.1. The number of fused-ring (bicyclic) bond motifs is 2. The van der Waals surface area contributed by atoms with Gasteiger partial charge in [-0.1, -0.05) is 25.0 Å². The number of ketones is 1. The lowest BCUT2D eigenvalue weighted by Crippen LogP contribution is -2.34. The number of carbonyl (C=O) groups excluding carboxylic acids is 1. The second-order valence-corrected chi connectivity index (χ2v) is 7.16. The van der Waals surface area contributed by atoms with Crippen molar-refractivity contribution in [1.29, 1.82) is 0 Å². The largest absolute Gasteiger partial charge is 0.497 e. The van der Waals surface area contributed by atoms with Crippen LogP contribution in [0.2, 0.25) is 0 Å². The Bertz CT molecular complexity index is 677. The minimum Gasteiger partial charge on any atom is -0.497 e. The number of ether oxygens (including phenoxy) is 1. The zero-order chi connectivity index (χ0) is 16.5. The smallest absolute Gasteiger partial charge is 0.147 e. The van der Waals surface area contributed by atoms with E-state index < -0.39 is 0 Å². The molecule has 0 spiro atoms. The summed E-state index contributed by atoms with van der Waals surface area (Å²) in [5.74, 6) is 1.17. The van der Waals surface area contributed by atoms with Crippen LogP contribution in [0, 0.1) is 5.92 Å². The molecule has 1 aromatic rings. The van der Waals surface area contributed by atoms with Crippen molar-refractivity contribution in [3.63, 3.8) is 0 Å². The average Bonchev–Trinajstić information content (AvgIpc) is 2.81. The van der Waals surface area contributed by atoms with E-state index in [0.29, 0.717) is 12.5 Å². The Morgan fingerprint density at radius 2 is 1.79 bits per heavy atom. The van der Waals surface area contributed by atoms with Crippen molar-refractivity contribution in [3.8, 4) is 5.75 Å². The van der Waals surface area contributed by atoms with Crippen LogP contribution >= 0.6 is 0 Å². The van der Waals surface area contributed by atoms with E-state index >= 15 is 0 Å². The fourth-order valence-corrected chi connectivity index (χ4v) is 4.25. The van der Waals surface area contributed by atoms with E-state index in [1.807, 2.05) is 18.3 Å². The van der Waals surface area contributed by atoms with E-state index in [0.717, 1.165) is 30.7 Å². The molecule has 126 valence electrons. The molecular weight excluding hydrogens is 300 g/mol. The second-order valence-electron chi connectivity index (χ2n) is 7.16. The minimum absolute atomic E-state index is 0.176. The topological polar surface area (TPSA) is 51.0 Å². The SMILES string of the molecule is COc1ccc([C@@H]2CC(=O)C3C=N[C@H]4CCCC[C@H]4N=C3C2)cc1. The number of Topliss-reactive ketones (excluding diaryl/α,β-unsaturated/α-hetero) is 1. The maximum absolute atomic E-state index is 12.7. The quantitative estimate of drug-likeness (QED) is 0.834. The number of nitrogens with zero attached hydrogens (tertiary/aromatic N) is 2. The van der Waals surface area contributed by atoms with Crippen LogP contribution in [-0.2, 0) is 4.79 Å². The van der Waals surface area contributed by atoms with Gasteiger partial charge in [0.2, 0.25) is 0 Å². The molecule has 0 radical (unpaired) electrons. The highest BCUT2D eigenvalue weighted by atomic mass is 16.5. The fraction of sp³-hybridized carbons (Fsp3) is 0.550. The second kappa shape index (κ2) is 6.50.